The van der Waals surface area contributed by atoms with Gasteiger partial charge in [-0.2, -0.15) is 5.10 Å². The Bertz CT molecular complexity index is 345. The van der Waals surface area contributed by atoms with Crippen LogP contribution in [0.5, 0.6) is 0 Å². The molecule has 0 atom stereocenters. The van der Waals surface area contributed by atoms with E-state index in [9.17, 15) is 4.79 Å². The number of nitrogens with zero attached hydrogens (tertiary/aromatic N) is 2. The van der Waals surface area contributed by atoms with Crippen LogP contribution in [-0.2, 0) is 11.2 Å². The number of aryl methyl sites for hydroxylation is 1. The maximum atomic E-state index is 11.7. The molecule has 100 valence electrons. The summed E-state index contributed by atoms with van der Waals surface area (Å²) in [6, 6.07) is 0. The number of aromatic nitrogens is 3. The van der Waals surface area contributed by atoms with E-state index in [1.54, 1.807) is 0 Å². The number of carbonyl (C=O) groups excluding carboxylic acids is 1. The average molecular weight is 251 g/mol. The summed E-state index contributed by atoms with van der Waals surface area (Å²) in [5.41, 5.74) is 0. The molecule has 6 nitrogen and oxygen atoms in total. The smallest absolute Gasteiger partial charge is 0.220 e. The van der Waals surface area contributed by atoms with Gasteiger partial charge in [-0.25, -0.2) is 4.98 Å². The largest absolute Gasteiger partial charge is 0.356 e. The lowest BCUT2D eigenvalue weighted by Crippen LogP contribution is -2.32. The molecule has 1 aliphatic rings. The van der Waals surface area contributed by atoms with E-state index < -0.39 is 0 Å². The van der Waals surface area contributed by atoms with Gasteiger partial charge in [0.1, 0.15) is 12.2 Å². The molecule has 1 aromatic rings. The molecule has 3 N–H and O–H groups in total. The third-order valence-electron chi connectivity index (χ3n) is 3.31. The van der Waals surface area contributed by atoms with Crippen molar-refractivity contribution in [1.82, 2.24) is 25.8 Å². The zero-order valence-electron chi connectivity index (χ0n) is 10.6. The predicted octanol–water partition coefficient (Wildman–Crippen LogP) is 0.243. The molecule has 0 spiro atoms. The maximum Gasteiger partial charge on any atom is 0.220 e. The zero-order valence-corrected chi connectivity index (χ0v) is 10.6. The summed E-state index contributed by atoms with van der Waals surface area (Å²) in [4.78, 5) is 15.7. The van der Waals surface area contributed by atoms with Gasteiger partial charge in [-0.1, -0.05) is 0 Å². The van der Waals surface area contributed by atoms with Gasteiger partial charge in [0.05, 0.1) is 0 Å². The van der Waals surface area contributed by atoms with E-state index in [4.69, 9.17) is 0 Å². The van der Waals surface area contributed by atoms with E-state index in [1.165, 1.54) is 6.33 Å². The van der Waals surface area contributed by atoms with Gasteiger partial charge in [-0.3, -0.25) is 9.89 Å². The van der Waals surface area contributed by atoms with Crippen LogP contribution in [0.1, 0.15) is 31.5 Å². The van der Waals surface area contributed by atoms with Crippen molar-refractivity contribution in [2.45, 2.75) is 32.1 Å². The Hall–Kier alpha value is -1.43. The minimum absolute atomic E-state index is 0.180. The fraction of sp³-hybridized carbons (Fsp3) is 0.750. The van der Waals surface area contributed by atoms with Crippen molar-refractivity contribution in [3.63, 3.8) is 0 Å². The first-order valence-corrected chi connectivity index (χ1v) is 6.66. The Kier molecular flexibility index (Phi) is 5.14. The summed E-state index contributed by atoms with van der Waals surface area (Å²) in [5.74, 6) is 1.61. The third kappa shape index (κ3) is 4.44. The molecule has 0 bridgehead atoms. The van der Waals surface area contributed by atoms with E-state index >= 15 is 0 Å². The SMILES string of the molecule is O=C(CC1CCNCC1)NCCCc1ncn[nH]1. The topological polar surface area (TPSA) is 82.7 Å². The lowest BCUT2D eigenvalue weighted by molar-refractivity contribution is -0.122. The van der Waals surface area contributed by atoms with Crippen LogP contribution in [0, 0.1) is 5.92 Å². The Morgan fingerprint density at radius 2 is 2.28 bits per heavy atom. The summed E-state index contributed by atoms with van der Waals surface area (Å²) in [6.45, 7) is 2.80. The lowest BCUT2D eigenvalue weighted by Gasteiger charge is -2.21. The van der Waals surface area contributed by atoms with Crippen LogP contribution in [-0.4, -0.2) is 40.7 Å². The van der Waals surface area contributed by atoms with Crippen LogP contribution < -0.4 is 10.6 Å². The number of rotatable bonds is 6. The molecule has 2 heterocycles. The van der Waals surface area contributed by atoms with Gasteiger partial charge in [0.25, 0.3) is 0 Å². The predicted molar refractivity (Wildman–Crippen MR) is 67.9 cm³/mol. The van der Waals surface area contributed by atoms with Crippen LogP contribution >= 0.6 is 0 Å². The Balaban J connectivity index is 1.54. The molecule has 6 heteroatoms. The highest BCUT2D eigenvalue weighted by Gasteiger charge is 2.16. The van der Waals surface area contributed by atoms with Gasteiger partial charge in [0.15, 0.2) is 0 Å². The molecule has 18 heavy (non-hydrogen) atoms. The molecule has 0 aromatic carbocycles. The average Bonchev–Trinajstić information content (AvgIpc) is 2.89. The Morgan fingerprint density at radius 1 is 1.44 bits per heavy atom. The minimum Gasteiger partial charge on any atom is -0.356 e. The summed E-state index contributed by atoms with van der Waals surface area (Å²) in [6.07, 6.45) is 6.13. The third-order valence-corrected chi connectivity index (χ3v) is 3.31. The van der Waals surface area contributed by atoms with Crippen molar-refractivity contribution in [2.75, 3.05) is 19.6 Å². The number of carbonyl (C=O) groups is 1. The summed E-state index contributed by atoms with van der Waals surface area (Å²) >= 11 is 0. The van der Waals surface area contributed by atoms with Crippen molar-refractivity contribution in [3.8, 4) is 0 Å². The molecular weight excluding hydrogens is 230 g/mol. The minimum atomic E-state index is 0.180. The number of nitrogens with one attached hydrogen (secondary N) is 3. The molecule has 1 amide bonds. The van der Waals surface area contributed by atoms with Crippen molar-refractivity contribution >= 4 is 5.91 Å². The number of hydrogen-bond acceptors (Lipinski definition) is 4. The van der Waals surface area contributed by atoms with E-state index in [0.29, 0.717) is 18.9 Å². The van der Waals surface area contributed by atoms with Gasteiger partial charge >= 0.3 is 0 Å². The first kappa shape index (κ1) is 13.0. The molecule has 0 unspecified atom stereocenters. The fourth-order valence-corrected chi connectivity index (χ4v) is 2.26. The number of amides is 1. The summed E-state index contributed by atoms with van der Waals surface area (Å²) in [7, 11) is 0. The normalized spacial score (nSPS) is 16.7. The highest BCUT2D eigenvalue weighted by atomic mass is 16.1. The summed E-state index contributed by atoms with van der Waals surface area (Å²) in [5, 5.41) is 12.9. The van der Waals surface area contributed by atoms with Crippen LogP contribution in [0.25, 0.3) is 0 Å². The molecule has 0 radical (unpaired) electrons. The number of H-pyrrole nitrogens is 1. The van der Waals surface area contributed by atoms with Gasteiger partial charge in [0, 0.05) is 19.4 Å². The lowest BCUT2D eigenvalue weighted by atomic mass is 9.94. The second kappa shape index (κ2) is 7.10. The van der Waals surface area contributed by atoms with Gasteiger partial charge < -0.3 is 10.6 Å². The number of piperidine rings is 1. The first-order chi connectivity index (χ1) is 8.84. The first-order valence-electron chi connectivity index (χ1n) is 6.66. The van der Waals surface area contributed by atoms with Gasteiger partial charge in [0.2, 0.25) is 5.91 Å². The van der Waals surface area contributed by atoms with Gasteiger partial charge in [-0.05, 0) is 38.3 Å². The molecule has 0 aliphatic carbocycles. The van der Waals surface area contributed by atoms with Crippen LogP contribution in [0.15, 0.2) is 6.33 Å². The number of hydrogen-bond donors (Lipinski definition) is 3. The van der Waals surface area contributed by atoms with E-state index in [-0.39, 0.29) is 5.91 Å². The molecule has 1 aliphatic heterocycles. The Labute approximate surface area is 107 Å². The monoisotopic (exact) mass is 251 g/mol. The van der Waals surface area contributed by atoms with Crippen LogP contribution in [0.2, 0.25) is 0 Å². The molecule has 1 fully saturated rings. The standard InChI is InChI=1S/C12H21N5O/c18-12(8-10-3-6-13-7-4-10)14-5-1-2-11-15-9-16-17-11/h9-10,13H,1-8H2,(H,14,18)(H,15,16,17). The highest BCUT2D eigenvalue weighted by molar-refractivity contribution is 5.76. The van der Waals surface area contributed by atoms with Crippen molar-refractivity contribution in [3.05, 3.63) is 12.2 Å². The van der Waals surface area contributed by atoms with Crippen molar-refractivity contribution < 1.29 is 4.79 Å². The highest BCUT2D eigenvalue weighted by Crippen LogP contribution is 2.15. The molecule has 2 rings (SSSR count). The van der Waals surface area contributed by atoms with E-state index in [1.807, 2.05) is 0 Å². The molecule has 1 aromatic heterocycles. The second-order valence-corrected chi connectivity index (χ2v) is 4.78. The van der Waals surface area contributed by atoms with Crippen LogP contribution in [0.4, 0.5) is 0 Å². The van der Waals surface area contributed by atoms with Crippen molar-refractivity contribution in [2.24, 2.45) is 5.92 Å². The van der Waals surface area contributed by atoms with Crippen molar-refractivity contribution in [1.29, 1.82) is 0 Å². The maximum absolute atomic E-state index is 11.7. The second-order valence-electron chi connectivity index (χ2n) is 4.78. The Morgan fingerprint density at radius 3 is 3.00 bits per heavy atom. The number of aromatic amines is 1. The fourth-order valence-electron chi connectivity index (χ4n) is 2.26. The zero-order chi connectivity index (χ0) is 12.6. The van der Waals surface area contributed by atoms with E-state index in [2.05, 4.69) is 25.8 Å². The van der Waals surface area contributed by atoms with Gasteiger partial charge in [-0.15, -0.1) is 0 Å². The molecule has 0 saturated carbocycles. The van der Waals surface area contributed by atoms with E-state index in [0.717, 1.165) is 44.6 Å². The molecule has 1 saturated heterocycles. The quantitative estimate of drug-likeness (QED) is 0.633. The van der Waals surface area contributed by atoms with Crippen LogP contribution in [0.3, 0.4) is 0 Å². The molecular formula is C12H21N5O. The summed E-state index contributed by atoms with van der Waals surface area (Å²) < 4.78 is 0.